The van der Waals surface area contributed by atoms with Crippen molar-refractivity contribution in [2.45, 2.75) is 56.1 Å². The molecule has 0 spiro atoms. The molecule has 1 unspecified atom stereocenters. The Morgan fingerprint density at radius 3 is 2.65 bits per heavy atom. The molecule has 4 rings (SSSR count). The van der Waals surface area contributed by atoms with Crippen LogP contribution in [0.4, 0.5) is 5.69 Å². The maximum absolute atomic E-state index is 12.8. The van der Waals surface area contributed by atoms with E-state index in [-0.39, 0.29) is 30.4 Å². The van der Waals surface area contributed by atoms with Crippen molar-refractivity contribution in [1.29, 1.82) is 0 Å². The van der Waals surface area contributed by atoms with Gasteiger partial charge >= 0.3 is 5.97 Å². The number of thioether (sulfide) groups is 1. The largest absolute Gasteiger partial charge is 0.454 e. The van der Waals surface area contributed by atoms with Gasteiger partial charge in [0.15, 0.2) is 17.6 Å². The highest BCUT2D eigenvalue weighted by Gasteiger charge is 2.24. The van der Waals surface area contributed by atoms with Gasteiger partial charge in [-0.2, -0.15) is 0 Å². The summed E-state index contributed by atoms with van der Waals surface area (Å²) in [6.07, 6.45) is 4.42. The zero-order valence-electron chi connectivity index (χ0n) is 19.0. The van der Waals surface area contributed by atoms with E-state index in [1.807, 2.05) is 0 Å². The summed E-state index contributed by atoms with van der Waals surface area (Å²) in [7, 11) is 0. The molecule has 9 heteroatoms. The molecule has 34 heavy (non-hydrogen) atoms. The standard InChI is InChI=1S/C25H28N2O6S/c1-16(24(29)27-17-7-3-2-4-8-17)33-25(30)19-9-5-6-10-22(19)34-14-23(28)26-18-11-12-20-21(13-18)32-15-31-20/h5-6,9-13,16-17H,2-4,7-8,14-15H2,1H3,(H,26,28)(H,27,29). The van der Waals surface area contributed by atoms with Crippen LogP contribution in [-0.4, -0.2) is 42.5 Å². The molecule has 180 valence electrons. The minimum Gasteiger partial charge on any atom is -0.454 e. The summed E-state index contributed by atoms with van der Waals surface area (Å²) < 4.78 is 16.0. The smallest absolute Gasteiger partial charge is 0.340 e. The zero-order valence-corrected chi connectivity index (χ0v) is 19.8. The van der Waals surface area contributed by atoms with Crippen LogP contribution in [0.5, 0.6) is 11.5 Å². The van der Waals surface area contributed by atoms with E-state index in [1.165, 1.54) is 18.2 Å². The molecule has 2 aromatic rings. The van der Waals surface area contributed by atoms with E-state index in [0.717, 1.165) is 25.7 Å². The number of hydrogen-bond acceptors (Lipinski definition) is 7. The molecule has 2 aromatic carbocycles. The van der Waals surface area contributed by atoms with E-state index in [4.69, 9.17) is 14.2 Å². The number of carbonyl (C=O) groups excluding carboxylic acids is 3. The number of rotatable bonds is 8. The highest BCUT2D eigenvalue weighted by molar-refractivity contribution is 8.00. The Labute approximate surface area is 202 Å². The van der Waals surface area contributed by atoms with Crippen molar-refractivity contribution in [3.05, 3.63) is 48.0 Å². The lowest BCUT2D eigenvalue weighted by atomic mass is 9.95. The fourth-order valence-electron chi connectivity index (χ4n) is 3.92. The van der Waals surface area contributed by atoms with Gasteiger partial charge in [-0.1, -0.05) is 31.4 Å². The van der Waals surface area contributed by atoms with Crippen LogP contribution in [0.3, 0.4) is 0 Å². The number of nitrogens with one attached hydrogen (secondary N) is 2. The molecule has 1 atom stereocenters. The van der Waals surface area contributed by atoms with Crippen molar-refractivity contribution in [3.8, 4) is 11.5 Å². The lowest BCUT2D eigenvalue weighted by Crippen LogP contribution is -2.42. The third-order valence-corrected chi connectivity index (χ3v) is 6.80. The quantitative estimate of drug-likeness (QED) is 0.429. The van der Waals surface area contributed by atoms with Gasteiger partial charge in [-0.25, -0.2) is 4.79 Å². The summed E-state index contributed by atoms with van der Waals surface area (Å²) in [5.74, 6) is 0.212. The predicted octanol–water partition coefficient (Wildman–Crippen LogP) is 4.14. The summed E-state index contributed by atoms with van der Waals surface area (Å²) in [6, 6.07) is 12.2. The summed E-state index contributed by atoms with van der Waals surface area (Å²) >= 11 is 1.22. The Kier molecular flexibility index (Phi) is 7.95. The Bertz CT molecular complexity index is 1050. The first kappa shape index (κ1) is 23.9. The van der Waals surface area contributed by atoms with Gasteiger partial charge in [0.25, 0.3) is 5.91 Å². The van der Waals surface area contributed by atoms with Gasteiger partial charge in [0, 0.05) is 22.7 Å². The fraction of sp³-hybridized carbons (Fsp3) is 0.400. The molecule has 2 aliphatic rings. The molecular formula is C25H28N2O6S. The van der Waals surface area contributed by atoms with Crippen molar-refractivity contribution >= 4 is 35.2 Å². The van der Waals surface area contributed by atoms with Crippen LogP contribution < -0.4 is 20.1 Å². The van der Waals surface area contributed by atoms with Gasteiger partial charge in [0.05, 0.1) is 11.3 Å². The third kappa shape index (κ3) is 6.22. The maximum Gasteiger partial charge on any atom is 0.340 e. The predicted molar refractivity (Wildman–Crippen MR) is 128 cm³/mol. The number of anilines is 1. The molecule has 0 radical (unpaired) electrons. The van der Waals surface area contributed by atoms with Crippen molar-refractivity contribution in [3.63, 3.8) is 0 Å². The Morgan fingerprint density at radius 2 is 1.82 bits per heavy atom. The van der Waals surface area contributed by atoms with E-state index in [1.54, 1.807) is 49.4 Å². The van der Waals surface area contributed by atoms with Crippen LogP contribution in [0.25, 0.3) is 0 Å². The minimum atomic E-state index is -0.901. The lowest BCUT2D eigenvalue weighted by molar-refractivity contribution is -0.130. The van der Waals surface area contributed by atoms with Crippen LogP contribution in [0.2, 0.25) is 0 Å². The van der Waals surface area contributed by atoms with Gasteiger partial charge in [0.1, 0.15) is 0 Å². The van der Waals surface area contributed by atoms with Crippen LogP contribution in [0.15, 0.2) is 47.4 Å². The first-order chi connectivity index (χ1) is 16.5. The Hall–Kier alpha value is -3.20. The van der Waals surface area contributed by atoms with Gasteiger partial charge in [0.2, 0.25) is 12.7 Å². The van der Waals surface area contributed by atoms with Crippen molar-refractivity contribution in [1.82, 2.24) is 5.32 Å². The zero-order chi connectivity index (χ0) is 23.9. The molecule has 0 aromatic heterocycles. The molecule has 8 nitrogen and oxygen atoms in total. The van der Waals surface area contributed by atoms with Crippen LogP contribution in [0.1, 0.15) is 49.4 Å². The number of hydrogen-bond donors (Lipinski definition) is 2. The number of fused-ring (bicyclic) bond motifs is 1. The molecule has 0 bridgehead atoms. The molecule has 1 aliphatic heterocycles. The molecule has 1 fully saturated rings. The van der Waals surface area contributed by atoms with Crippen LogP contribution in [0, 0.1) is 0 Å². The van der Waals surface area contributed by atoms with Gasteiger partial charge in [-0.05, 0) is 44.0 Å². The Balaban J connectivity index is 1.30. The summed E-state index contributed by atoms with van der Waals surface area (Å²) in [6.45, 7) is 1.74. The maximum atomic E-state index is 12.8. The second kappa shape index (κ2) is 11.3. The number of esters is 1. The molecule has 1 saturated carbocycles. The van der Waals surface area contributed by atoms with Crippen LogP contribution >= 0.6 is 11.8 Å². The van der Waals surface area contributed by atoms with Crippen molar-refractivity contribution in [2.24, 2.45) is 0 Å². The normalized spacial score (nSPS) is 15.9. The molecule has 1 heterocycles. The topological polar surface area (TPSA) is 103 Å². The summed E-state index contributed by atoms with van der Waals surface area (Å²) in [4.78, 5) is 38.3. The molecule has 2 N–H and O–H groups in total. The van der Waals surface area contributed by atoms with E-state index in [0.29, 0.717) is 27.6 Å². The van der Waals surface area contributed by atoms with E-state index in [9.17, 15) is 14.4 Å². The third-order valence-electron chi connectivity index (χ3n) is 5.73. The molecule has 0 saturated heterocycles. The number of ether oxygens (including phenoxy) is 3. The molecule has 2 amide bonds. The second-order valence-electron chi connectivity index (χ2n) is 8.29. The Morgan fingerprint density at radius 1 is 1.06 bits per heavy atom. The highest BCUT2D eigenvalue weighted by Crippen LogP contribution is 2.34. The lowest BCUT2D eigenvalue weighted by Gasteiger charge is -2.24. The summed E-state index contributed by atoms with van der Waals surface area (Å²) in [5.41, 5.74) is 0.918. The fourth-order valence-corrected chi connectivity index (χ4v) is 4.76. The average molecular weight is 485 g/mol. The van der Waals surface area contributed by atoms with E-state index in [2.05, 4.69) is 10.6 Å². The van der Waals surface area contributed by atoms with Crippen molar-refractivity contribution in [2.75, 3.05) is 17.9 Å². The van der Waals surface area contributed by atoms with E-state index >= 15 is 0 Å². The number of carbonyl (C=O) groups is 3. The molecule has 1 aliphatic carbocycles. The average Bonchev–Trinajstić information content (AvgIpc) is 3.31. The van der Waals surface area contributed by atoms with Crippen molar-refractivity contribution < 1.29 is 28.6 Å². The van der Waals surface area contributed by atoms with E-state index < -0.39 is 12.1 Å². The highest BCUT2D eigenvalue weighted by atomic mass is 32.2. The van der Waals surface area contributed by atoms with Gasteiger partial charge in [-0.15, -0.1) is 11.8 Å². The van der Waals surface area contributed by atoms with Gasteiger partial charge < -0.3 is 24.8 Å². The number of benzene rings is 2. The first-order valence-corrected chi connectivity index (χ1v) is 12.4. The SMILES string of the molecule is CC(OC(=O)c1ccccc1SCC(=O)Nc1ccc2c(c1)OCO2)C(=O)NC1CCCCC1. The first-order valence-electron chi connectivity index (χ1n) is 11.4. The second-order valence-corrected chi connectivity index (χ2v) is 9.31. The van der Waals surface area contributed by atoms with Crippen LogP contribution in [-0.2, 0) is 14.3 Å². The minimum absolute atomic E-state index is 0.0937. The monoisotopic (exact) mass is 484 g/mol. The van der Waals surface area contributed by atoms with Gasteiger partial charge in [-0.3, -0.25) is 9.59 Å². The number of amides is 2. The summed E-state index contributed by atoms with van der Waals surface area (Å²) in [5, 5.41) is 5.79. The molecular weight excluding hydrogens is 456 g/mol.